The molecule has 3 N–H and O–H groups in total. The van der Waals surface area contributed by atoms with Crippen molar-refractivity contribution in [2.75, 3.05) is 0 Å². The summed E-state index contributed by atoms with van der Waals surface area (Å²) in [4.78, 5) is 36.5. The Kier molecular flexibility index (Phi) is 4.41. The number of carboxylic acid groups (broad SMARTS) is 1. The summed E-state index contributed by atoms with van der Waals surface area (Å²) in [7, 11) is 0. The highest BCUT2D eigenvalue weighted by Crippen LogP contribution is 2.57. The fourth-order valence-electron chi connectivity index (χ4n) is 4.49. The molecule has 2 amide bonds. The lowest BCUT2D eigenvalue weighted by atomic mass is 9.79. The van der Waals surface area contributed by atoms with Gasteiger partial charge in [0.1, 0.15) is 5.76 Å². The molecule has 0 radical (unpaired) electrons. The van der Waals surface area contributed by atoms with E-state index in [0.717, 1.165) is 24.0 Å². The molecule has 25 heavy (non-hydrogen) atoms. The zero-order valence-corrected chi connectivity index (χ0v) is 14.5. The number of allylic oxidation sites excluding steroid dienone is 2. The first kappa shape index (κ1) is 17.3. The number of furan rings is 1. The van der Waals surface area contributed by atoms with Crippen LogP contribution < -0.4 is 10.9 Å². The zero-order valence-electron chi connectivity index (χ0n) is 14.5. The molecule has 0 aliphatic heterocycles. The standard InChI is InChI=1S/C18H22N2O5/c1-8(2)13-11-4-5-12(13)15(18(23)24)14(11)17(22)20-19-16(21)10-6-7-25-9(10)3/h6-7,11-12,14-15H,4-5H2,1-3H3,(H,19,21)(H,20,22)(H,23,24)/t11-,12+,14+,15+/m0/s1. The van der Waals surface area contributed by atoms with Crippen molar-refractivity contribution in [2.24, 2.45) is 23.7 Å². The highest BCUT2D eigenvalue weighted by atomic mass is 16.4. The van der Waals surface area contributed by atoms with E-state index in [1.807, 2.05) is 13.8 Å². The van der Waals surface area contributed by atoms with Crippen LogP contribution in [0.1, 0.15) is 42.8 Å². The average Bonchev–Trinajstić information content (AvgIpc) is 3.24. The molecule has 2 aliphatic carbocycles. The molecule has 0 spiro atoms. The highest BCUT2D eigenvalue weighted by Gasteiger charge is 2.57. The third-order valence-corrected chi connectivity index (χ3v) is 5.41. The second-order valence-corrected chi connectivity index (χ2v) is 6.97. The summed E-state index contributed by atoms with van der Waals surface area (Å²) < 4.78 is 5.06. The lowest BCUT2D eigenvalue weighted by Crippen LogP contribution is -2.48. The lowest BCUT2D eigenvalue weighted by Gasteiger charge is -2.26. The third-order valence-electron chi connectivity index (χ3n) is 5.41. The molecule has 7 nitrogen and oxygen atoms in total. The van der Waals surface area contributed by atoms with Gasteiger partial charge in [-0.15, -0.1) is 0 Å². The molecule has 0 saturated heterocycles. The van der Waals surface area contributed by atoms with Crippen molar-refractivity contribution in [3.05, 3.63) is 34.8 Å². The highest BCUT2D eigenvalue weighted by molar-refractivity contribution is 5.97. The Hall–Kier alpha value is -2.57. The molecule has 4 atom stereocenters. The van der Waals surface area contributed by atoms with Gasteiger partial charge < -0.3 is 9.52 Å². The number of aliphatic carboxylic acids is 1. The largest absolute Gasteiger partial charge is 0.481 e. The number of nitrogens with one attached hydrogen (secondary N) is 2. The van der Waals surface area contributed by atoms with Gasteiger partial charge in [-0.1, -0.05) is 11.1 Å². The molecule has 134 valence electrons. The SMILES string of the molecule is CC(C)=C1[C@H]2CC[C@@H]1[C@@H](C(=O)NNC(=O)c1ccoc1C)[C@@H]2C(=O)O. The number of hydrogen-bond acceptors (Lipinski definition) is 4. The van der Waals surface area contributed by atoms with Crippen LogP contribution in [0.25, 0.3) is 0 Å². The van der Waals surface area contributed by atoms with Gasteiger partial charge in [-0.05, 0) is 51.5 Å². The summed E-state index contributed by atoms with van der Waals surface area (Å²) >= 11 is 0. The van der Waals surface area contributed by atoms with Crippen molar-refractivity contribution in [3.8, 4) is 0 Å². The van der Waals surface area contributed by atoms with Crippen LogP contribution in [-0.4, -0.2) is 22.9 Å². The number of fused-ring (bicyclic) bond motifs is 2. The van der Waals surface area contributed by atoms with Gasteiger partial charge in [0.15, 0.2) is 0 Å². The third kappa shape index (κ3) is 2.83. The summed E-state index contributed by atoms with van der Waals surface area (Å²) in [6, 6.07) is 1.51. The molecule has 3 rings (SSSR count). The topological polar surface area (TPSA) is 109 Å². The Bertz CT molecular complexity index is 759. The van der Waals surface area contributed by atoms with Gasteiger partial charge in [-0.2, -0.15) is 0 Å². The first-order chi connectivity index (χ1) is 11.8. The smallest absolute Gasteiger partial charge is 0.307 e. The lowest BCUT2D eigenvalue weighted by molar-refractivity contribution is -0.149. The summed E-state index contributed by atoms with van der Waals surface area (Å²) in [5.41, 5.74) is 7.28. The first-order valence-corrected chi connectivity index (χ1v) is 8.37. The van der Waals surface area contributed by atoms with Crippen molar-refractivity contribution in [1.29, 1.82) is 0 Å². The van der Waals surface area contributed by atoms with Crippen molar-refractivity contribution in [3.63, 3.8) is 0 Å². The van der Waals surface area contributed by atoms with Crippen molar-refractivity contribution >= 4 is 17.8 Å². The molecule has 0 aromatic carbocycles. The molecule has 1 aromatic rings. The molecule has 2 saturated carbocycles. The fourth-order valence-corrected chi connectivity index (χ4v) is 4.49. The summed E-state index contributed by atoms with van der Waals surface area (Å²) in [5, 5.41) is 9.62. The number of hydrazine groups is 1. The van der Waals surface area contributed by atoms with Crippen LogP contribution in [0.2, 0.25) is 0 Å². The van der Waals surface area contributed by atoms with E-state index >= 15 is 0 Å². The van der Waals surface area contributed by atoms with Gasteiger partial charge in [0.05, 0.1) is 23.7 Å². The van der Waals surface area contributed by atoms with Crippen molar-refractivity contribution < 1.29 is 23.9 Å². The van der Waals surface area contributed by atoms with E-state index in [2.05, 4.69) is 10.9 Å². The Labute approximate surface area is 145 Å². The van der Waals surface area contributed by atoms with E-state index in [1.54, 1.807) is 6.92 Å². The molecule has 7 heteroatoms. The molecule has 2 aliphatic rings. The quantitative estimate of drug-likeness (QED) is 0.573. The number of carbonyl (C=O) groups is 3. The van der Waals surface area contributed by atoms with Crippen molar-refractivity contribution in [1.82, 2.24) is 10.9 Å². The van der Waals surface area contributed by atoms with Gasteiger partial charge in [-0.3, -0.25) is 25.2 Å². The van der Waals surface area contributed by atoms with E-state index in [9.17, 15) is 19.5 Å². The maximum absolute atomic E-state index is 12.6. The second kappa shape index (κ2) is 6.38. The fraction of sp³-hybridized carbons (Fsp3) is 0.500. The van der Waals surface area contributed by atoms with Crippen LogP contribution >= 0.6 is 0 Å². The van der Waals surface area contributed by atoms with Crippen LogP contribution in [0.4, 0.5) is 0 Å². The van der Waals surface area contributed by atoms with E-state index in [4.69, 9.17) is 4.42 Å². The molecule has 2 bridgehead atoms. The number of aryl methyl sites for hydroxylation is 1. The molecule has 0 unspecified atom stereocenters. The van der Waals surface area contributed by atoms with E-state index in [-0.39, 0.29) is 11.8 Å². The van der Waals surface area contributed by atoms with E-state index in [0.29, 0.717) is 11.3 Å². The average molecular weight is 346 g/mol. The van der Waals surface area contributed by atoms with E-state index < -0.39 is 29.6 Å². The van der Waals surface area contributed by atoms with Crippen molar-refractivity contribution in [2.45, 2.75) is 33.6 Å². The van der Waals surface area contributed by atoms with Crippen LogP contribution in [0, 0.1) is 30.6 Å². The summed E-state index contributed by atoms with van der Waals surface area (Å²) in [6.45, 7) is 5.57. The zero-order chi connectivity index (χ0) is 18.3. The first-order valence-electron chi connectivity index (χ1n) is 8.37. The minimum atomic E-state index is -0.955. The van der Waals surface area contributed by atoms with Gasteiger partial charge in [0.25, 0.3) is 5.91 Å². The molecule has 1 heterocycles. The minimum Gasteiger partial charge on any atom is -0.481 e. The Morgan fingerprint density at radius 2 is 1.76 bits per heavy atom. The van der Waals surface area contributed by atoms with Crippen LogP contribution in [0.5, 0.6) is 0 Å². The minimum absolute atomic E-state index is 0.0661. The molecule has 1 aromatic heterocycles. The van der Waals surface area contributed by atoms with Gasteiger partial charge in [0, 0.05) is 0 Å². The van der Waals surface area contributed by atoms with Crippen LogP contribution in [0.3, 0.4) is 0 Å². The molecular formula is C18H22N2O5. The van der Waals surface area contributed by atoms with Gasteiger partial charge in [0.2, 0.25) is 5.91 Å². The second-order valence-electron chi connectivity index (χ2n) is 6.97. The number of hydrogen-bond donors (Lipinski definition) is 3. The van der Waals surface area contributed by atoms with Gasteiger partial charge >= 0.3 is 5.97 Å². The maximum Gasteiger partial charge on any atom is 0.307 e. The number of carbonyl (C=O) groups excluding carboxylic acids is 2. The normalized spacial score (nSPS) is 27.2. The van der Waals surface area contributed by atoms with Crippen LogP contribution in [-0.2, 0) is 9.59 Å². The Morgan fingerprint density at radius 1 is 1.12 bits per heavy atom. The Balaban J connectivity index is 1.75. The number of carboxylic acids is 1. The van der Waals surface area contributed by atoms with Gasteiger partial charge in [-0.25, -0.2) is 0 Å². The predicted octanol–water partition coefficient (Wildman–Crippen LogP) is 2.04. The summed E-state index contributed by atoms with van der Waals surface area (Å²) in [6.07, 6.45) is 3.00. The number of amides is 2. The number of rotatable bonds is 3. The Morgan fingerprint density at radius 3 is 2.28 bits per heavy atom. The van der Waals surface area contributed by atoms with Crippen LogP contribution in [0.15, 0.2) is 27.9 Å². The molecular weight excluding hydrogens is 324 g/mol. The monoisotopic (exact) mass is 346 g/mol. The molecule has 2 fully saturated rings. The predicted molar refractivity (Wildman–Crippen MR) is 88.3 cm³/mol. The summed E-state index contributed by atoms with van der Waals surface area (Å²) in [5.74, 6) is -3.00. The maximum atomic E-state index is 12.6. The van der Waals surface area contributed by atoms with E-state index in [1.165, 1.54) is 12.3 Å².